The third-order valence-corrected chi connectivity index (χ3v) is 4.39. The maximum absolute atomic E-state index is 13.0. The molecular formula is C17H23N5O. The number of carbonyl (C=O) groups is 1. The van der Waals surface area contributed by atoms with Crippen molar-refractivity contribution in [1.29, 1.82) is 0 Å². The molecule has 122 valence electrons. The molecule has 1 aliphatic rings. The lowest BCUT2D eigenvalue weighted by Crippen LogP contribution is -2.39. The lowest BCUT2D eigenvalue weighted by molar-refractivity contribution is 0.0596. The average Bonchev–Trinajstić information content (AvgIpc) is 2.99. The first-order chi connectivity index (χ1) is 11.1. The Morgan fingerprint density at radius 1 is 1.35 bits per heavy atom. The number of anilines is 1. The van der Waals surface area contributed by atoms with Crippen molar-refractivity contribution in [2.75, 3.05) is 18.9 Å². The van der Waals surface area contributed by atoms with Crippen LogP contribution in [0.25, 0.3) is 0 Å². The zero-order valence-electron chi connectivity index (χ0n) is 13.9. The first-order valence-corrected chi connectivity index (χ1v) is 8.06. The van der Waals surface area contributed by atoms with Gasteiger partial charge >= 0.3 is 0 Å². The second kappa shape index (κ2) is 6.40. The molecule has 1 amide bonds. The zero-order chi connectivity index (χ0) is 16.4. The monoisotopic (exact) mass is 313 g/mol. The van der Waals surface area contributed by atoms with E-state index in [2.05, 4.69) is 25.9 Å². The highest BCUT2D eigenvalue weighted by atomic mass is 16.2. The summed E-state index contributed by atoms with van der Waals surface area (Å²) in [6, 6.07) is 6.01. The van der Waals surface area contributed by atoms with Gasteiger partial charge in [0.2, 0.25) is 5.95 Å². The van der Waals surface area contributed by atoms with Gasteiger partial charge in [0.15, 0.2) is 0 Å². The molecule has 1 saturated heterocycles. The Labute approximate surface area is 136 Å². The Bertz CT molecular complexity index is 709. The van der Waals surface area contributed by atoms with E-state index in [0.29, 0.717) is 11.6 Å². The van der Waals surface area contributed by atoms with Crippen LogP contribution in [0, 0.1) is 6.92 Å². The van der Waals surface area contributed by atoms with E-state index >= 15 is 0 Å². The van der Waals surface area contributed by atoms with Gasteiger partial charge in [-0.25, -0.2) is 9.97 Å². The smallest absolute Gasteiger partial charge is 0.273 e. The van der Waals surface area contributed by atoms with E-state index in [1.54, 1.807) is 13.1 Å². The Morgan fingerprint density at radius 2 is 2.17 bits per heavy atom. The summed E-state index contributed by atoms with van der Waals surface area (Å²) in [5, 5.41) is 2.92. The molecule has 0 aromatic carbocycles. The van der Waals surface area contributed by atoms with Crippen molar-refractivity contribution in [3.8, 4) is 0 Å². The molecule has 23 heavy (non-hydrogen) atoms. The van der Waals surface area contributed by atoms with Crippen molar-refractivity contribution in [3.63, 3.8) is 0 Å². The van der Waals surface area contributed by atoms with Crippen LogP contribution in [-0.4, -0.2) is 38.9 Å². The number of aromatic nitrogens is 3. The number of hydrogen-bond acceptors (Lipinski definition) is 4. The predicted molar refractivity (Wildman–Crippen MR) is 89.4 cm³/mol. The fourth-order valence-electron chi connectivity index (χ4n) is 3.24. The van der Waals surface area contributed by atoms with Gasteiger partial charge in [0.25, 0.3) is 5.91 Å². The number of nitrogens with zero attached hydrogens (tertiary/aromatic N) is 4. The first-order valence-electron chi connectivity index (χ1n) is 8.06. The summed E-state index contributed by atoms with van der Waals surface area (Å²) in [6.45, 7) is 2.65. The van der Waals surface area contributed by atoms with E-state index in [1.807, 2.05) is 31.1 Å². The maximum atomic E-state index is 13.0. The average molecular weight is 313 g/mol. The zero-order valence-corrected chi connectivity index (χ0v) is 13.9. The van der Waals surface area contributed by atoms with Gasteiger partial charge < -0.3 is 14.8 Å². The molecule has 1 N–H and O–H groups in total. The summed E-state index contributed by atoms with van der Waals surface area (Å²) in [5.74, 6) is 0.471. The fourth-order valence-corrected chi connectivity index (χ4v) is 3.24. The van der Waals surface area contributed by atoms with E-state index in [0.717, 1.165) is 31.5 Å². The van der Waals surface area contributed by atoms with Crippen LogP contribution in [0.4, 0.5) is 5.95 Å². The summed E-state index contributed by atoms with van der Waals surface area (Å²) in [5.41, 5.74) is 2.43. The van der Waals surface area contributed by atoms with Crippen molar-refractivity contribution in [2.24, 2.45) is 7.05 Å². The highest BCUT2D eigenvalue weighted by molar-refractivity contribution is 5.93. The number of amides is 1. The molecular weight excluding hydrogens is 290 g/mol. The van der Waals surface area contributed by atoms with Gasteiger partial charge in [-0.1, -0.05) is 0 Å². The molecule has 3 rings (SSSR count). The Morgan fingerprint density at radius 3 is 2.87 bits per heavy atom. The third-order valence-electron chi connectivity index (χ3n) is 4.39. The molecule has 1 fully saturated rings. The van der Waals surface area contributed by atoms with Crippen LogP contribution < -0.4 is 5.32 Å². The molecule has 1 atom stereocenters. The standard InChI is InChI=1S/C17H23N5O/c1-12-11-13(20-17(18-2)19-12)16(23)22-10-5-4-7-15(22)14-8-6-9-21(14)3/h6,8-9,11,15H,4-5,7,10H2,1-3H3,(H,18,19,20)/t15-/m1/s1. The van der Waals surface area contributed by atoms with E-state index in [4.69, 9.17) is 0 Å². The minimum Gasteiger partial charge on any atom is -0.357 e. The number of likely N-dealkylation sites (tertiary alicyclic amines) is 1. The summed E-state index contributed by atoms with van der Waals surface area (Å²) in [4.78, 5) is 23.6. The molecule has 0 unspecified atom stereocenters. The normalized spacial score (nSPS) is 18.0. The predicted octanol–water partition coefficient (Wildman–Crippen LogP) is 2.53. The highest BCUT2D eigenvalue weighted by Crippen LogP contribution is 2.32. The summed E-state index contributed by atoms with van der Waals surface area (Å²) < 4.78 is 2.10. The maximum Gasteiger partial charge on any atom is 0.273 e. The van der Waals surface area contributed by atoms with Gasteiger partial charge in [-0.3, -0.25) is 4.79 Å². The molecule has 0 radical (unpaired) electrons. The number of hydrogen-bond donors (Lipinski definition) is 1. The fraction of sp³-hybridized carbons (Fsp3) is 0.471. The summed E-state index contributed by atoms with van der Waals surface area (Å²) in [7, 11) is 3.79. The SMILES string of the molecule is CNc1nc(C)cc(C(=O)N2CCCC[C@@H]2c2cccn2C)n1. The van der Waals surface area contributed by atoms with Gasteiger partial charge in [0, 0.05) is 38.2 Å². The van der Waals surface area contributed by atoms with E-state index < -0.39 is 0 Å². The molecule has 0 bridgehead atoms. The quantitative estimate of drug-likeness (QED) is 0.946. The second-order valence-corrected chi connectivity index (χ2v) is 6.02. The van der Waals surface area contributed by atoms with Crippen LogP contribution in [0.2, 0.25) is 0 Å². The van der Waals surface area contributed by atoms with Gasteiger partial charge in [-0.15, -0.1) is 0 Å². The Balaban J connectivity index is 1.93. The second-order valence-electron chi connectivity index (χ2n) is 6.02. The molecule has 6 heteroatoms. The van der Waals surface area contributed by atoms with Gasteiger partial charge in [-0.2, -0.15) is 0 Å². The molecule has 3 heterocycles. The summed E-state index contributed by atoms with van der Waals surface area (Å²) >= 11 is 0. The highest BCUT2D eigenvalue weighted by Gasteiger charge is 2.30. The number of carbonyl (C=O) groups excluding carboxylic acids is 1. The third kappa shape index (κ3) is 3.06. The molecule has 2 aromatic rings. The molecule has 1 aliphatic heterocycles. The number of rotatable bonds is 3. The van der Waals surface area contributed by atoms with E-state index in [9.17, 15) is 4.79 Å². The minimum atomic E-state index is -0.0158. The van der Waals surface area contributed by atoms with E-state index in [1.165, 1.54) is 5.69 Å². The molecule has 0 spiro atoms. The van der Waals surface area contributed by atoms with Crippen molar-refractivity contribution in [3.05, 3.63) is 41.5 Å². The topological polar surface area (TPSA) is 63.1 Å². The first kappa shape index (κ1) is 15.5. The number of aryl methyl sites for hydroxylation is 2. The lowest BCUT2D eigenvalue weighted by Gasteiger charge is -2.36. The van der Waals surface area contributed by atoms with Crippen LogP contribution in [0.3, 0.4) is 0 Å². The Kier molecular flexibility index (Phi) is 4.32. The number of piperidine rings is 1. The van der Waals surface area contributed by atoms with Crippen molar-refractivity contribution < 1.29 is 4.79 Å². The summed E-state index contributed by atoms with van der Waals surface area (Å²) in [6.07, 6.45) is 5.20. The minimum absolute atomic E-state index is 0.0158. The van der Waals surface area contributed by atoms with Crippen LogP contribution >= 0.6 is 0 Å². The van der Waals surface area contributed by atoms with Crippen LogP contribution in [-0.2, 0) is 7.05 Å². The molecule has 0 saturated carbocycles. The van der Waals surface area contributed by atoms with Crippen LogP contribution in [0.15, 0.2) is 24.4 Å². The van der Waals surface area contributed by atoms with Crippen molar-refractivity contribution >= 4 is 11.9 Å². The molecule has 6 nitrogen and oxygen atoms in total. The lowest BCUT2D eigenvalue weighted by atomic mass is 9.98. The molecule has 0 aliphatic carbocycles. The van der Waals surface area contributed by atoms with Crippen LogP contribution in [0.1, 0.15) is 47.2 Å². The van der Waals surface area contributed by atoms with Gasteiger partial charge in [0.1, 0.15) is 5.69 Å². The molecule has 2 aromatic heterocycles. The van der Waals surface area contributed by atoms with Crippen LogP contribution in [0.5, 0.6) is 0 Å². The van der Waals surface area contributed by atoms with Crippen molar-refractivity contribution in [2.45, 2.75) is 32.2 Å². The van der Waals surface area contributed by atoms with Gasteiger partial charge in [0.05, 0.1) is 6.04 Å². The largest absolute Gasteiger partial charge is 0.357 e. The number of nitrogens with one attached hydrogen (secondary N) is 1. The van der Waals surface area contributed by atoms with Gasteiger partial charge in [-0.05, 0) is 44.4 Å². The van der Waals surface area contributed by atoms with E-state index in [-0.39, 0.29) is 11.9 Å². The Hall–Kier alpha value is -2.37. The van der Waals surface area contributed by atoms with Crippen molar-refractivity contribution in [1.82, 2.24) is 19.4 Å².